The molecule has 1 saturated heterocycles. The molecule has 2 aromatic rings. The Hall–Kier alpha value is -3.06. The zero-order chi connectivity index (χ0) is 21.0. The molecule has 0 aliphatic carbocycles. The first kappa shape index (κ1) is 20.7. The second-order valence-electron chi connectivity index (χ2n) is 7.01. The summed E-state index contributed by atoms with van der Waals surface area (Å²) in [6.45, 7) is 1.48. The maximum Gasteiger partial charge on any atom is 0.325 e. The molecule has 1 aliphatic heterocycles. The number of carbonyl (C=O) groups is 3. The van der Waals surface area contributed by atoms with Gasteiger partial charge in [-0.25, -0.2) is 4.79 Å². The standard InChI is InChI=1S/C21H22ClN3O4/c1-21(11-14-7-4-6-10-17(14)29-2)19(27)25(20(28)24-21)13-18(26)23-12-15-8-3-5-9-16(15)22/h3-10H,11-13H2,1-2H3,(H,23,26)(H,24,28). The zero-order valence-electron chi connectivity index (χ0n) is 16.2. The highest BCUT2D eigenvalue weighted by molar-refractivity contribution is 6.31. The van der Waals surface area contributed by atoms with Crippen molar-refractivity contribution in [3.8, 4) is 5.75 Å². The number of rotatable bonds is 7. The second kappa shape index (κ2) is 8.53. The molecule has 152 valence electrons. The smallest absolute Gasteiger partial charge is 0.325 e. The van der Waals surface area contributed by atoms with Gasteiger partial charge in [-0.1, -0.05) is 48.0 Å². The Kier molecular flexibility index (Phi) is 6.08. The van der Waals surface area contributed by atoms with Gasteiger partial charge in [0.2, 0.25) is 5.91 Å². The minimum absolute atomic E-state index is 0.209. The van der Waals surface area contributed by atoms with Gasteiger partial charge in [0.25, 0.3) is 5.91 Å². The topological polar surface area (TPSA) is 87.7 Å². The molecular formula is C21H22ClN3O4. The van der Waals surface area contributed by atoms with E-state index in [9.17, 15) is 14.4 Å². The molecule has 1 atom stereocenters. The lowest BCUT2D eigenvalue weighted by Gasteiger charge is -2.22. The number of benzene rings is 2. The van der Waals surface area contributed by atoms with Crippen molar-refractivity contribution >= 4 is 29.4 Å². The Balaban J connectivity index is 1.65. The van der Waals surface area contributed by atoms with Crippen molar-refractivity contribution in [3.05, 3.63) is 64.7 Å². The van der Waals surface area contributed by atoms with E-state index in [2.05, 4.69) is 10.6 Å². The molecule has 7 nitrogen and oxygen atoms in total. The highest BCUT2D eigenvalue weighted by Gasteiger charge is 2.48. The van der Waals surface area contributed by atoms with Crippen LogP contribution in [0.1, 0.15) is 18.1 Å². The van der Waals surface area contributed by atoms with E-state index in [0.29, 0.717) is 10.8 Å². The van der Waals surface area contributed by atoms with Gasteiger partial charge in [-0.3, -0.25) is 14.5 Å². The number of hydrogen-bond donors (Lipinski definition) is 2. The van der Waals surface area contributed by atoms with Gasteiger partial charge in [0, 0.05) is 18.0 Å². The van der Waals surface area contributed by atoms with Gasteiger partial charge in [0.1, 0.15) is 17.8 Å². The van der Waals surface area contributed by atoms with Crippen molar-refractivity contribution in [2.24, 2.45) is 0 Å². The molecule has 1 fully saturated rings. The zero-order valence-corrected chi connectivity index (χ0v) is 17.0. The van der Waals surface area contributed by atoms with Gasteiger partial charge >= 0.3 is 6.03 Å². The average Bonchev–Trinajstić information content (AvgIpc) is 2.90. The molecule has 2 aromatic carbocycles. The molecule has 3 rings (SSSR count). The van der Waals surface area contributed by atoms with Gasteiger partial charge in [-0.2, -0.15) is 0 Å². The van der Waals surface area contributed by atoms with Gasteiger partial charge in [0.15, 0.2) is 0 Å². The first-order chi connectivity index (χ1) is 13.8. The summed E-state index contributed by atoms with van der Waals surface area (Å²) >= 11 is 6.07. The van der Waals surface area contributed by atoms with Crippen LogP contribution in [0.4, 0.5) is 4.79 Å². The SMILES string of the molecule is COc1ccccc1CC1(C)NC(=O)N(CC(=O)NCc2ccccc2Cl)C1=O. The van der Waals surface area contributed by atoms with Crippen LogP contribution in [0.25, 0.3) is 0 Å². The molecular weight excluding hydrogens is 394 g/mol. The van der Waals surface area contributed by atoms with Crippen molar-refractivity contribution < 1.29 is 19.1 Å². The normalized spacial score (nSPS) is 18.5. The molecule has 0 spiro atoms. The van der Waals surface area contributed by atoms with Crippen molar-refractivity contribution in [1.82, 2.24) is 15.5 Å². The third kappa shape index (κ3) is 4.51. The van der Waals surface area contributed by atoms with Gasteiger partial charge in [-0.15, -0.1) is 0 Å². The Labute approximate surface area is 174 Å². The molecule has 1 aliphatic rings. The fourth-order valence-electron chi connectivity index (χ4n) is 3.28. The minimum Gasteiger partial charge on any atom is -0.496 e. The number of methoxy groups -OCH3 is 1. The van der Waals surface area contributed by atoms with Gasteiger partial charge < -0.3 is 15.4 Å². The largest absolute Gasteiger partial charge is 0.496 e. The molecule has 4 amide bonds. The number of halogens is 1. The maximum atomic E-state index is 12.9. The molecule has 1 heterocycles. The van der Waals surface area contributed by atoms with Crippen molar-refractivity contribution in [1.29, 1.82) is 0 Å². The monoisotopic (exact) mass is 415 g/mol. The van der Waals surface area contributed by atoms with Gasteiger partial charge in [-0.05, 0) is 30.2 Å². The molecule has 0 bridgehead atoms. The summed E-state index contributed by atoms with van der Waals surface area (Å²) in [4.78, 5) is 38.5. The molecule has 8 heteroatoms. The Morgan fingerprint density at radius 2 is 1.79 bits per heavy atom. The Morgan fingerprint density at radius 1 is 1.14 bits per heavy atom. The van der Waals surface area contributed by atoms with E-state index in [1.807, 2.05) is 24.3 Å². The van der Waals surface area contributed by atoms with Crippen LogP contribution in [0, 0.1) is 0 Å². The van der Waals surface area contributed by atoms with Crippen LogP contribution in [0.15, 0.2) is 48.5 Å². The fraction of sp³-hybridized carbons (Fsp3) is 0.286. The number of para-hydroxylation sites is 1. The third-order valence-electron chi connectivity index (χ3n) is 4.82. The number of ether oxygens (including phenoxy) is 1. The van der Waals surface area contributed by atoms with Crippen molar-refractivity contribution in [3.63, 3.8) is 0 Å². The van der Waals surface area contributed by atoms with Crippen LogP contribution in [-0.2, 0) is 22.6 Å². The van der Waals surface area contributed by atoms with E-state index in [1.54, 1.807) is 38.3 Å². The summed E-state index contributed by atoms with van der Waals surface area (Å²) in [7, 11) is 1.55. The maximum absolute atomic E-state index is 12.9. The number of carbonyl (C=O) groups excluding carboxylic acids is 3. The van der Waals surface area contributed by atoms with Gasteiger partial charge in [0.05, 0.1) is 7.11 Å². The summed E-state index contributed by atoms with van der Waals surface area (Å²) in [5.74, 6) is -0.275. The number of amides is 4. The summed E-state index contributed by atoms with van der Waals surface area (Å²) in [5, 5.41) is 5.92. The first-order valence-electron chi connectivity index (χ1n) is 9.10. The predicted molar refractivity (Wildman–Crippen MR) is 109 cm³/mol. The van der Waals surface area contributed by atoms with Crippen molar-refractivity contribution in [2.75, 3.05) is 13.7 Å². The second-order valence-corrected chi connectivity index (χ2v) is 7.42. The highest BCUT2D eigenvalue weighted by Crippen LogP contribution is 2.27. The average molecular weight is 416 g/mol. The number of nitrogens with one attached hydrogen (secondary N) is 2. The molecule has 0 saturated carbocycles. The fourth-order valence-corrected chi connectivity index (χ4v) is 3.48. The predicted octanol–water partition coefficient (Wildman–Crippen LogP) is 2.52. The van der Waals surface area contributed by atoms with E-state index >= 15 is 0 Å². The number of nitrogens with zero attached hydrogens (tertiary/aromatic N) is 1. The van der Waals surface area contributed by atoms with E-state index in [0.717, 1.165) is 16.0 Å². The first-order valence-corrected chi connectivity index (χ1v) is 9.48. The summed E-state index contributed by atoms with van der Waals surface area (Å²) < 4.78 is 5.33. The number of hydrogen-bond acceptors (Lipinski definition) is 4. The lowest BCUT2D eigenvalue weighted by molar-refractivity contribution is -0.134. The lowest BCUT2D eigenvalue weighted by atomic mass is 9.92. The highest BCUT2D eigenvalue weighted by atomic mass is 35.5. The van der Waals surface area contributed by atoms with Crippen LogP contribution >= 0.6 is 11.6 Å². The molecule has 29 heavy (non-hydrogen) atoms. The van der Waals surface area contributed by atoms with Crippen LogP contribution in [0.5, 0.6) is 5.75 Å². The molecule has 0 aromatic heterocycles. The van der Waals surface area contributed by atoms with Crippen LogP contribution in [0.2, 0.25) is 5.02 Å². The third-order valence-corrected chi connectivity index (χ3v) is 5.19. The minimum atomic E-state index is -1.16. The Bertz CT molecular complexity index is 949. The number of urea groups is 1. The number of imide groups is 1. The molecule has 2 N–H and O–H groups in total. The summed E-state index contributed by atoms with van der Waals surface area (Å²) in [6, 6.07) is 13.8. The van der Waals surface area contributed by atoms with E-state index in [4.69, 9.17) is 16.3 Å². The summed E-state index contributed by atoms with van der Waals surface area (Å²) in [5.41, 5.74) is 0.381. The van der Waals surface area contributed by atoms with E-state index < -0.39 is 23.4 Å². The molecule has 0 radical (unpaired) electrons. The van der Waals surface area contributed by atoms with Crippen LogP contribution < -0.4 is 15.4 Å². The Morgan fingerprint density at radius 3 is 2.48 bits per heavy atom. The van der Waals surface area contributed by atoms with Crippen LogP contribution in [-0.4, -0.2) is 41.9 Å². The van der Waals surface area contributed by atoms with E-state index in [1.165, 1.54) is 0 Å². The molecule has 1 unspecified atom stereocenters. The van der Waals surface area contributed by atoms with Crippen molar-refractivity contribution in [2.45, 2.75) is 25.4 Å². The quantitative estimate of drug-likeness (QED) is 0.680. The van der Waals surface area contributed by atoms with E-state index in [-0.39, 0.29) is 19.5 Å². The van der Waals surface area contributed by atoms with Crippen LogP contribution in [0.3, 0.4) is 0 Å². The summed E-state index contributed by atoms with van der Waals surface area (Å²) in [6.07, 6.45) is 0.249. The lowest BCUT2D eigenvalue weighted by Crippen LogP contribution is -2.46.